The van der Waals surface area contributed by atoms with Gasteiger partial charge in [0, 0.05) is 5.69 Å². The molecule has 6 heteroatoms. The molecule has 0 radical (unpaired) electrons. The number of rotatable bonds is 5. The molecular formula is C26H25ClN2O3. The molecule has 3 aromatic rings. The van der Waals surface area contributed by atoms with E-state index in [1.165, 1.54) is 12.0 Å². The van der Waals surface area contributed by atoms with Crippen molar-refractivity contribution in [1.82, 2.24) is 5.32 Å². The molecule has 0 aliphatic heterocycles. The number of amides is 3. The molecule has 1 aliphatic carbocycles. The summed E-state index contributed by atoms with van der Waals surface area (Å²) in [6.45, 7) is 0. The second kappa shape index (κ2) is 9.88. The van der Waals surface area contributed by atoms with E-state index >= 15 is 0 Å². The zero-order chi connectivity index (χ0) is 22.4. The Hall–Kier alpha value is -3.31. The molecule has 1 saturated carbocycles. The highest BCUT2D eigenvalue weighted by atomic mass is 35.5. The fourth-order valence-electron chi connectivity index (χ4n) is 4.12. The van der Waals surface area contributed by atoms with Gasteiger partial charge in [0.2, 0.25) is 0 Å². The van der Waals surface area contributed by atoms with Crippen LogP contribution in [0.15, 0.2) is 78.9 Å². The highest BCUT2D eigenvalue weighted by Crippen LogP contribution is 2.41. The van der Waals surface area contributed by atoms with Gasteiger partial charge in [0.25, 0.3) is 5.91 Å². The Bertz CT molecular complexity index is 1080. The van der Waals surface area contributed by atoms with Crippen LogP contribution in [0.2, 0.25) is 5.02 Å². The van der Waals surface area contributed by atoms with E-state index in [1.807, 2.05) is 30.3 Å². The summed E-state index contributed by atoms with van der Waals surface area (Å²) in [7, 11) is 0. The van der Waals surface area contributed by atoms with Crippen molar-refractivity contribution in [2.24, 2.45) is 0 Å². The van der Waals surface area contributed by atoms with Crippen LogP contribution in [0.25, 0.3) is 0 Å². The number of carbonyl (C=O) groups is 2. The predicted octanol–water partition coefficient (Wildman–Crippen LogP) is 6.54. The fourth-order valence-corrected chi connectivity index (χ4v) is 4.35. The van der Waals surface area contributed by atoms with E-state index in [9.17, 15) is 9.59 Å². The van der Waals surface area contributed by atoms with Crippen molar-refractivity contribution in [2.75, 3.05) is 5.32 Å². The third-order valence-corrected chi connectivity index (χ3v) is 6.06. The summed E-state index contributed by atoms with van der Waals surface area (Å²) in [6.07, 6.45) is 5.44. The van der Waals surface area contributed by atoms with Gasteiger partial charge >= 0.3 is 6.03 Å². The van der Waals surface area contributed by atoms with Crippen molar-refractivity contribution >= 4 is 29.2 Å². The van der Waals surface area contributed by atoms with E-state index in [0.29, 0.717) is 5.69 Å². The average Bonchev–Trinajstić information content (AvgIpc) is 2.82. The number of anilines is 1. The number of imide groups is 1. The zero-order valence-electron chi connectivity index (χ0n) is 17.6. The molecule has 0 unspecified atom stereocenters. The Morgan fingerprint density at radius 2 is 1.47 bits per heavy atom. The van der Waals surface area contributed by atoms with Crippen molar-refractivity contribution in [2.45, 2.75) is 37.7 Å². The van der Waals surface area contributed by atoms with E-state index in [4.69, 9.17) is 16.3 Å². The lowest BCUT2D eigenvalue weighted by Gasteiger charge is -2.38. The average molecular weight is 449 g/mol. The molecule has 164 valence electrons. The van der Waals surface area contributed by atoms with Crippen LogP contribution in [0.4, 0.5) is 10.5 Å². The number of nitrogens with one attached hydrogen (secondary N) is 2. The van der Waals surface area contributed by atoms with Crippen LogP contribution in [-0.2, 0) is 5.60 Å². The Morgan fingerprint density at radius 1 is 0.812 bits per heavy atom. The standard InChI is InChI=1S/C26H25ClN2O3/c27-23-12-6-5-11-22(23)24(30)29-25(31)28-20-13-15-21(16-14-20)32-26(17-7-2-8-18-26)19-9-3-1-4-10-19/h1,3-6,9-16H,2,7-8,17-18H2,(H2,28,29,30,31). The summed E-state index contributed by atoms with van der Waals surface area (Å²) in [5.41, 5.74) is 1.66. The van der Waals surface area contributed by atoms with Crippen LogP contribution >= 0.6 is 11.6 Å². The van der Waals surface area contributed by atoms with E-state index in [-0.39, 0.29) is 16.2 Å². The molecule has 0 bridgehead atoms. The van der Waals surface area contributed by atoms with Gasteiger partial charge in [-0.15, -0.1) is 0 Å². The van der Waals surface area contributed by atoms with Gasteiger partial charge in [-0.1, -0.05) is 60.5 Å². The number of hydrogen-bond acceptors (Lipinski definition) is 3. The lowest BCUT2D eigenvalue weighted by molar-refractivity contribution is 0.0263. The third kappa shape index (κ3) is 5.11. The minimum atomic E-state index is -0.628. The van der Waals surface area contributed by atoms with E-state index in [2.05, 4.69) is 22.8 Å². The minimum Gasteiger partial charge on any atom is -0.483 e. The van der Waals surface area contributed by atoms with Crippen molar-refractivity contribution in [3.63, 3.8) is 0 Å². The van der Waals surface area contributed by atoms with Gasteiger partial charge in [-0.3, -0.25) is 10.1 Å². The van der Waals surface area contributed by atoms with Gasteiger partial charge in [-0.05, 0) is 67.6 Å². The van der Waals surface area contributed by atoms with E-state index in [0.717, 1.165) is 31.4 Å². The molecule has 0 spiro atoms. The molecule has 0 atom stereocenters. The van der Waals surface area contributed by atoms with Crippen molar-refractivity contribution < 1.29 is 14.3 Å². The first-order chi connectivity index (χ1) is 15.6. The van der Waals surface area contributed by atoms with Crippen LogP contribution in [0.3, 0.4) is 0 Å². The maximum absolute atomic E-state index is 12.2. The maximum Gasteiger partial charge on any atom is 0.326 e. The summed E-state index contributed by atoms with van der Waals surface area (Å²) >= 11 is 6.01. The van der Waals surface area contributed by atoms with Gasteiger partial charge in [0.05, 0.1) is 10.6 Å². The first-order valence-corrected chi connectivity index (χ1v) is 11.1. The quantitative estimate of drug-likeness (QED) is 0.465. The molecule has 3 aromatic carbocycles. The molecule has 3 amide bonds. The smallest absolute Gasteiger partial charge is 0.326 e. The normalized spacial score (nSPS) is 14.9. The summed E-state index contributed by atoms with van der Waals surface area (Å²) in [6, 6.07) is 23.5. The zero-order valence-corrected chi connectivity index (χ0v) is 18.4. The topological polar surface area (TPSA) is 67.4 Å². The lowest BCUT2D eigenvalue weighted by atomic mass is 9.79. The minimum absolute atomic E-state index is 0.242. The predicted molar refractivity (Wildman–Crippen MR) is 126 cm³/mol. The van der Waals surface area contributed by atoms with Crippen molar-refractivity contribution in [3.8, 4) is 5.75 Å². The van der Waals surface area contributed by atoms with E-state index in [1.54, 1.807) is 36.4 Å². The van der Waals surface area contributed by atoms with Crippen LogP contribution in [0.5, 0.6) is 5.75 Å². The number of halogens is 1. The Balaban J connectivity index is 1.41. The molecule has 1 aliphatic rings. The lowest BCUT2D eigenvalue weighted by Crippen LogP contribution is -2.35. The Morgan fingerprint density at radius 3 is 2.16 bits per heavy atom. The highest BCUT2D eigenvalue weighted by molar-refractivity contribution is 6.34. The van der Waals surface area contributed by atoms with Crippen LogP contribution in [0.1, 0.15) is 48.0 Å². The summed E-state index contributed by atoms with van der Waals surface area (Å²) in [4.78, 5) is 24.5. The first kappa shape index (κ1) is 21.9. The van der Waals surface area contributed by atoms with Crippen LogP contribution < -0.4 is 15.4 Å². The largest absolute Gasteiger partial charge is 0.483 e. The molecule has 0 heterocycles. The highest BCUT2D eigenvalue weighted by Gasteiger charge is 2.36. The number of carbonyl (C=O) groups excluding carboxylic acids is 2. The molecule has 5 nitrogen and oxygen atoms in total. The van der Waals surface area contributed by atoms with Gasteiger partial charge in [-0.25, -0.2) is 4.79 Å². The monoisotopic (exact) mass is 448 g/mol. The second-order valence-corrected chi connectivity index (χ2v) is 8.34. The molecular weight excluding hydrogens is 424 g/mol. The van der Waals surface area contributed by atoms with E-state index < -0.39 is 11.9 Å². The number of hydrogen-bond donors (Lipinski definition) is 2. The molecule has 32 heavy (non-hydrogen) atoms. The summed E-state index contributed by atoms with van der Waals surface area (Å²) in [5, 5.41) is 5.24. The molecule has 0 aromatic heterocycles. The van der Waals surface area contributed by atoms with Crippen molar-refractivity contribution in [1.29, 1.82) is 0 Å². The molecule has 2 N–H and O–H groups in total. The number of benzene rings is 3. The third-order valence-electron chi connectivity index (χ3n) is 5.73. The summed E-state index contributed by atoms with van der Waals surface area (Å²) < 4.78 is 6.53. The number of ether oxygens (including phenoxy) is 1. The SMILES string of the molecule is O=C(NC(=O)c1ccccc1Cl)Nc1ccc(OC2(c3ccccc3)CCCCC2)cc1. The molecule has 1 fully saturated rings. The summed E-state index contributed by atoms with van der Waals surface area (Å²) in [5.74, 6) is 0.184. The first-order valence-electron chi connectivity index (χ1n) is 10.8. The molecule has 4 rings (SSSR count). The van der Waals surface area contributed by atoms with Gasteiger partial charge < -0.3 is 10.1 Å². The Labute approximate surface area is 192 Å². The van der Waals surface area contributed by atoms with Gasteiger partial charge in [0.15, 0.2) is 0 Å². The number of urea groups is 1. The van der Waals surface area contributed by atoms with Crippen LogP contribution in [-0.4, -0.2) is 11.9 Å². The van der Waals surface area contributed by atoms with Gasteiger partial charge in [-0.2, -0.15) is 0 Å². The second-order valence-electron chi connectivity index (χ2n) is 7.94. The maximum atomic E-state index is 12.2. The molecule has 0 saturated heterocycles. The fraction of sp³-hybridized carbons (Fsp3) is 0.231. The Kier molecular flexibility index (Phi) is 6.76. The van der Waals surface area contributed by atoms with Gasteiger partial charge in [0.1, 0.15) is 11.4 Å². The van der Waals surface area contributed by atoms with Crippen LogP contribution in [0, 0.1) is 0 Å². The van der Waals surface area contributed by atoms with Crippen molar-refractivity contribution in [3.05, 3.63) is 95.0 Å².